The smallest absolute Gasteiger partial charge is 0.255 e. The molecule has 0 aliphatic carbocycles. The fourth-order valence-electron chi connectivity index (χ4n) is 4.59. The van der Waals surface area contributed by atoms with Crippen LogP contribution < -0.4 is 10.0 Å². The summed E-state index contributed by atoms with van der Waals surface area (Å²) in [6.45, 7) is 4.34. The van der Waals surface area contributed by atoms with Crippen molar-refractivity contribution < 1.29 is 18.0 Å². The summed E-state index contributed by atoms with van der Waals surface area (Å²) in [5, 5.41) is 4.18. The van der Waals surface area contributed by atoms with Crippen molar-refractivity contribution in [2.45, 2.75) is 43.5 Å². The summed E-state index contributed by atoms with van der Waals surface area (Å²) in [6.07, 6.45) is 3.77. The number of hydrogen-bond acceptors (Lipinski definition) is 5. The first-order valence-electron chi connectivity index (χ1n) is 12.0. The molecule has 35 heavy (non-hydrogen) atoms. The van der Waals surface area contributed by atoms with E-state index in [1.165, 1.54) is 0 Å². The largest absolute Gasteiger partial charge is 0.321 e. The molecule has 1 aliphatic rings. The molecule has 0 bridgehead atoms. The molecule has 184 valence electrons. The minimum Gasteiger partial charge on any atom is -0.321 e. The summed E-state index contributed by atoms with van der Waals surface area (Å²) in [6, 6.07) is 17.6. The van der Waals surface area contributed by atoms with Crippen LogP contribution in [0.3, 0.4) is 0 Å². The first-order chi connectivity index (χ1) is 16.9. The number of benzene rings is 3. The van der Waals surface area contributed by atoms with Crippen LogP contribution in [0, 0.1) is 6.92 Å². The molecule has 0 spiro atoms. The van der Waals surface area contributed by atoms with E-state index in [0.29, 0.717) is 28.4 Å². The summed E-state index contributed by atoms with van der Waals surface area (Å²) in [5.74, 6) is -0.234. The zero-order valence-corrected chi connectivity index (χ0v) is 20.7. The Labute approximate surface area is 206 Å². The number of hydrogen-bond donors (Lipinski definition) is 2. The molecule has 0 saturated carbocycles. The average molecular weight is 494 g/mol. The van der Waals surface area contributed by atoms with Gasteiger partial charge in [0, 0.05) is 34.5 Å². The van der Waals surface area contributed by atoms with Crippen LogP contribution in [0.1, 0.15) is 41.6 Å². The van der Waals surface area contributed by atoms with E-state index in [9.17, 15) is 18.0 Å². The van der Waals surface area contributed by atoms with E-state index in [1.807, 2.05) is 37.3 Å². The lowest BCUT2D eigenvalue weighted by atomic mass is 10.1. The molecular formula is C27H31N3O4S. The highest BCUT2D eigenvalue weighted by atomic mass is 32.2. The molecule has 8 heteroatoms. The normalized spacial score (nSPS) is 15.2. The van der Waals surface area contributed by atoms with Gasteiger partial charge in [0.15, 0.2) is 0 Å². The Morgan fingerprint density at radius 1 is 1.00 bits per heavy atom. The number of aldehydes is 1. The predicted octanol–water partition coefficient (Wildman–Crippen LogP) is 4.12. The summed E-state index contributed by atoms with van der Waals surface area (Å²) < 4.78 is 29.6. The van der Waals surface area contributed by atoms with Gasteiger partial charge in [-0.1, -0.05) is 42.5 Å². The van der Waals surface area contributed by atoms with E-state index >= 15 is 0 Å². The van der Waals surface area contributed by atoms with Crippen molar-refractivity contribution in [3.05, 3.63) is 71.8 Å². The molecule has 3 aromatic rings. The molecule has 0 aromatic heterocycles. The maximum atomic E-state index is 13.4. The van der Waals surface area contributed by atoms with Crippen LogP contribution in [0.4, 0.5) is 5.69 Å². The van der Waals surface area contributed by atoms with Gasteiger partial charge in [-0.05, 0) is 69.6 Å². The van der Waals surface area contributed by atoms with Crippen LogP contribution in [0.2, 0.25) is 0 Å². The highest BCUT2D eigenvalue weighted by Gasteiger charge is 2.26. The van der Waals surface area contributed by atoms with Crippen molar-refractivity contribution in [2.24, 2.45) is 0 Å². The fraction of sp³-hybridized carbons (Fsp3) is 0.333. The van der Waals surface area contributed by atoms with Gasteiger partial charge in [0.05, 0.1) is 4.90 Å². The molecule has 1 saturated heterocycles. The van der Waals surface area contributed by atoms with Crippen LogP contribution >= 0.6 is 0 Å². The van der Waals surface area contributed by atoms with Gasteiger partial charge in [-0.3, -0.25) is 4.79 Å². The molecule has 1 fully saturated rings. The van der Waals surface area contributed by atoms with E-state index in [0.717, 1.165) is 50.7 Å². The van der Waals surface area contributed by atoms with Gasteiger partial charge >= 0.3 is 0 Å². The van der Waals surface area contributed by atoms with Gasteiger partial charge in [0.1, 0.15) is 6.29 Å². The molecular weight excluding hydrogens is 462 g/mol. The number of likely N-dealkylation sites (tertiary alicyclic amines) is 1. The first kappa shape index (κ1) is 25.0. The van der Waals surface area contributed by atoms with Crippen LogP contribution in [0.15, 0.2) is 65.6 Å². The average Bonchev–Trinajstić information content (AvgIpc) is 2.85. The summed E-state index contributed by atoms with van der Waals surface area (Å²) >= 11 is 0. The highest BCUT2D eigenvalue weighted by molar-refractivity contribution is 7.89. The minimum absolute atomic E-state index is 0.137. The molecule has 3 aromatic carbocycles. The lowest BCUT2D eigenvalue weighted by molar-refractivity contribution is -0.108. The van der Waals surface area contributed by atoms with Gasteiger partial charge in [0.2, 0.25) is 10.0 Å². The first-order valence-corrected chi connectivity index (χ1v) is 13.4. The number of sulfonamides is 1. The second-order valence-corrected chi connectivity index (χ2v) is 10.7. The minimum atomic E-state index is -3.76. The van der Waals surface area contributed by atoms with E-state index in [2.05, 4.69) is 14.9 Å². The van der Waals surface area contributed by atoms with Crippen molar-refractivity contribution >= 4 is 38.7 Å². The lowest BCUT2D eigenvalue weighted by Gasteiger charge is -2.32. The Bertz CT molecular complexity index is 1320. The topological polar surface area (TPSA) is 95.6 Å². The quantitative estimate of drug-likeness (QED) is 0.345. The second-order valence-electron chi connectivity index (χ2n) is 8.97. The Hall–Kier alpha value is -3.07. The van der Waals surface area contributed by atoms with Crippen molar-refractivity contribution in [1.29, 1.82) is 0 Å². The van der Waals surface area contributed by atoms with Gasteiger partial charge in [-0.15, -0.1) is 0 Å². The van der Waals surface area contributed by atoms with Gasteiger partial charge in [0.25, 0.3) is 5.91 Å². The maximum Gasteiger partial charge on any atom is 0.255 e. The number of nitrogens with one attached hydrogen (secondary N) is 2. The molecule has 1 heterocycles. The molecule has 4 rings (SSSR count). The molecule has 1 aliphatic heterocycles. The van der Waals surface area contributed by atoms with E-state index < -0.39 is 10.0 Å². The lowest BCUT2D eigenvalue weighted by Crippen LogP contribution is -2.44. The molecule has 7 nitrogen and oxygen atoms in total. The number of fused-ring (bicyclic) bond motifs is 1. The highest BCUT2D eigenvalue weighted by Crippen LogP contribution is 2.30. The number of carbonyl (C=O) groups is 2. The number of amides is 1. The number of anilines is 1. The number of unbranched alkanes of at least 4 members (excludes halogenated alkanes) is 1. The van der Waals surface area contributed by atoms with Crippen molar-refractivity contribution in [3.8, 4) is 0 Å². The summed E-state index contributed by atoms with van der Waals surface area (Å²) in [4.78, 5) is 25.9. The van der Waals surface area contributed by atoms with E-state index in [-0.39, 0.29) is 16.8 Å². The molecule has 0 radical (unpaired) electrons. The number of piperidine rings is 1. The number of rotatable bonds is 9. The van der Waals surface area contributed by atoms with Crippen molar-refractivity contribution in [1.82, 2.24) is 9.62 Å². The van der Waals surface area contributed by atoms with Crippen molar-refractivity contribution in [2.75, 3.05) is 25.0 Å². The number of carbonyl (C=O) groups excluding carboxylic acids is 2. The Balaban J connectivity index is 1.51. The van der Waals surface area contributed by atoms with Crippen LogP contribution in [0.5, 0.6) is 0 Å². The molecule has 1 amide bonds. The maximum absolute atomic E-state index is 13.4. The van der Waals surface area contributed by atoms with Crippen molar-refractivity contribution in [3.63, 3.8) is 0 Å². The Morgan fingerprint density at radius 2 is 1.69 bits per heavy atom. The monoisotopic (exact) mass is 493 g/mol. The van der Waals surface area contributed by atoms with Crippen LogP contribution in [-0.2, 0) is 14.8 Å². The zero-order chi connectivity index (χ0) is 24.8. The van der Waals surface area contributed by atoms with Gasteiger partial charge in [-0.2, -0.15) is 0 Å². The Kier molecular flexibility index (Phi) is 7.95. The SMILES string of the molecule is Cc1ccccc1C(=O)Nc1ccc(S(=O)(=O)NC2CCN(CCCC=O)CC2)c2ccccc12. The summed E-state index contributed by atoms with van der Waals surface area (Å²) in [5.41, 5.74) is 2.01. The van der Waals surface area contributed by atoms with Crippen LogP contribution in [0.25, 0.3) is 10.8 Å². The van der Waals surface area contributed by atoms with Crippen LogP contribution in [-0.4, -0.2) is 51.2 Å². The number of nitrogens with zero attached hydrogens (tertiary/aromatic N) is 1. The predicted molar refractivity (Wildman–Crippen MR) is 138 cm³/mol. The third kappa shape index (κ3) is 5.96. The molecule has 0 atom stereocenters. The van der Waals surface area contributed by atoms with E-state index in [4.69, 9.17) is 0 Å². The summed E-state index contributed by atoms with van der Waals surface area (Å²) in [7, 11) is -3.76. The van der Waals surface area contributed by atoms with E-state index in [1.54, 1.807) is 30.3 Å². The van der Waals surface area contributed by atoms with Gasteiger partial charge in [-0.25, -0.2) is 13.1 Å². The third-order valence-corrected chi connectivity index (χ3v) is 8.10. The zero-order valence-electron chi connectivity index (χ0n) is 19.9. The molecule has 0 unspecified atom stereocenters. The third-order valence-electron chi connectivity index (χ3n) is 6.52. The van der Waals surface area contributed by atoms with Gasteiger partial charge < -0.3 is 15.0 Å². The fourth-order valence-corrected chi connectivity index (χ4v) is 6.10. The standard InChI is InChI=1S/C27H31N3O4S/c1-20-8-2-3-9-22(20)27(32)28-25-12-13-26(24-11-5-4-10-23(24)25)35(33,34)29-21-14-17-30(18-15-21)16-6-7-19-31/h2-5,8-13,19,21,29H,6-7,14-18H2,1H3,(H,28,32). The molecule has 2 N–H and O–H groups in total. The Morgan fingerprint density at radius 3 is 2.40 bits per heavy atom. The second kappa shape index (κ2) is 11.1. The number of aryl methyl sites for hydroxylation is 1.